The Bertz CT molecular complexity index is 1000. The Morgan fingerprint density at radius 3 is 2.68 bits per heavy atom. The summed E-state index contributed by atoms with van der Waals surface area (Å²) < 4.78 is 32.0. The number of oxazole rings is 1. The van der Waals surface area contributed by atoms with E-state index in [2.05, 4.69) is 4.98 Å². The highest BCUT2D eigenvalue weighted by Gasteiger charge is 2.31. The van der Waals surface area contributed by atoms with Crippen molar-refractivity contribution in [2.45, 2.75) is 4.21 Å². The highest BCUT2D eigenvalue weighted by atomic mass is 32.2. The summed E-state index contributed by atoms with van der Waals surface area (Å²) in [5.74, 6) is -0.127. The van der Waals surface area contributed by atoms with Gasteiger partial charge in [-0.2, -0.15) is 4.31 Å². The van der Waals surface area contributed by atoms with Crippen LogP contribution >= 0.6 is 11.3 Å². The molecule has 0 N–H and O–H groups in total. The highest BCUT2D eigenvalue weighted by Crippen LogP contribution is 2.23. The third-order valence-electron chi connectivity index (χ3n) is 4.19. The fourth-order valence-corrected chi connectivity index (χ4v) is 5.41. The molecule has 2 aromatic heterocycles. The van der Waals surface area contributed by atoms with E-state index in [4.69, 9.17) is 4.42 Å². The number of piperazine rings is 1. The van der Waals surface area contributed by atoms with Gasteiger partial charge in [-0.3, -0.25) is 4.79 Å². The second kappa shape index (κ2) is 6.25. The summed E-state index contributed by atoms with van der Waals surface area (Å²) in [6.45, 7) is 1.30. The lowest BCUT2D eigenvalue weighted by Crippen LogP contribution is -2.50. The minimum absolute atomic E-state index is 0.127. The lowest BCUT2D eigenvalue weighted by molar-refractivity contribution is 0.0698. The second-order valence-corrected chi connectivity index (χ2v) is 8.78. The molecule has 1 aliphatic heterocycles. The van der Waals surface area contributed by atoms with Crippen LogP contribution in [0.5, 0.6) is 0 Å². The molecule has 1 saturated heterocycles. The van der Waals surface area contributed by atoms with Crippen molar-refractivity contribution < 1.29 is 17.6 Å². The number of hydrogen-bond donors (Lipinski definition) is 0. The summed E-state index contributed by atoms with van der Waals surface area (Å²) in [6, 6.07) is 8.43. The van der Waals surface area contributed by atoms with Gasteiger partial charge in [0.2, 0.25) is 0 Å². The Labute approximate surface area is 148 Å². The van der Waals surface area contributed by atoms with E-state index >= 15 is 0 Å². The normalized spacial score (nSPS) is 16.4. The SMILES string of the molecule is O=C(c1ccc2ocnc2c1)N1CCN(S(=O)(=O)c2cccs2)CC1. The number of thiophene rings is 1. The topological polar surface area (TPSA) is 83.7 Å². The van der Waals surface area contributed by atoms with E-state index in [0.29, 0.717) is 34.0 Å². The van der Waals surface area contributed by atoms with Crippen molar-refractivity contribution in [3.63, 3.8) is 0 Å². The monoisotopic (exact) mass is 377 g/mol. The first kappa shape index (κ1) is 16.2. The van der Waals surface area contributed by atoms with Gasteiger partial charge in [0.05, 0.1) is 0 Å². The van der Waals surface area contributed by atoms with E-state index in [0.717, 1.165) is 0 Å². The summed E-state index contributed by atoms with van der Waals surface area (Å²) in [4.78, 5) is 18.4. The number of benzene rings is 1. The summed E-state index contributed by atoms with van der Waals surface area (Å²) in [6.07, 6.45) is 1.34. The van der Waals surface area contributed by atoms with E-state index in [1.54, 1.807) is 40.6 Å². The molecule has 1 aliphatic rings. The first-order valence-electron chi connectivity index (χ1n) is 7.72. The first-order chi connectivity index (χ1) is 12.1. The van der Waals surface area contributed by atoms with Gasteiger partial charge in [-0.25, -0.2) is 13.4 Å². The maximum atomic E-state index is 12.7. The largest absolute Gasteiger partial charge is 0.443 e. The second-order valence-electron chi connectivity index (χ2n) is 5.66. The fraction of sp³-hybridized carbons (Fsp3) is 0.250. The molecule has 0 spiro atoms. The zero-order valence-electron chi connectivity index (χ0n) is 13.2. The molecule has 130 valence electrons. The smallest absolute Gasteiger partial charge is 0.254 e. The molecular weight excluding hydrogens is 362 g/mol. The number of sulfonamides is 1. The molecule has 0 unspecified atom stereocenters. The molecule has 9 heteroatoms. The van der Waals surface area contributed by atoms with Crippen LogP contribution in [0.3, 0.4) is 0 Å². The molecule has 0 aliphatic carbocycles. The van der Waals surface area contributed by atoms with Crippen LogP contribution in [0.2, 0.25) is 0 Å². The minimum Gasteiger partial charge on any atom is -0.443 e. The van der Waals surface area contributed by atoms with E-state index in [9.17, 15) is 13.2 Å². The van der Waals surface area contributed by atoms with Crippen molar-refractivity contribution in [1.29, 1.82) is 0 Å². The van der Waals surface area contributed by atoms with Gasteiger partial charge in [0.1, 0.15) is 9.73 Å². The highest BCUT2D eigenvalue weighted by molar-refractivity contribution is 7.91. The number of aromatic nitrogens is 1. The number of nitrogens with zero attached hydrogens (tertiary/aromatic N) is 3. The average molecular weight is 377 g/mol. The average Bonchev–Trinajstić information content (AvgIpc) is 3.32. The number of rotatable bonds is 3. The van der Waals surface area contributed by atoms with Crippen LogP contribution in [0.25, 0.3) is 11.1 Å². The standard InChI is InChI=1S/C16H15N3O4S2/c20-16(12-3-4-14-13(10-12)17-11-23-14)18-5-7-19(8-6-18)25(21,22)15-2-1-9-24-15/h1-4,9-11H,5-8H2. The maximum Gasteiger partial charge on any atom is 0.254 e. The molecule has 1 fully saturated rings. The molecule has 25 heavy (non-hydrogen) atoms. The zero-order chi connectivity index (χ0) is 17.4. The summed E-state index contributed by atoms with van der Waals surface area (Å²) in [5.41, 5.74) is 1.78. The van der Waals surface area contributed by atoms with Crippen molar-refractivity contribution in [2.24, 2.45) is 0 Å². The molecule has 3 heterocycles. The van der Waals surface area contributed by atoms with E-state index in [1.165, 1.54) is 22.0 Å². The number of fused-ring (bicyclic) bond motifs is 1. The van der Waals surface area contributed by atoms with Crippen LogP contribution in [-0.2, 0) is 10.0 Å². The summed E-state index contributed by atoms with van der Waals surface area (Å²) in [5, 5.41) is 1.74. The Kier molecular flexibility index (Phi) is 4.06. The van der Waals surface area contributed by atoms with Gasteiger partial charge in [-0.15, -0.1) is 11.3 Å². The van der Waals surface area contributed by atoms with Crippen LogP contribution in [0, 0.1) is 0 Å². The maximum absolute atomic E-state index is 12.7. The van der Waals surface area contributed by atoms with Crippen LogP contribution in [-0.4, -0.2) is 54.7 Å². The van der Waals surface area contributed by atoms with Crippen LogP contribution in [0.4, 0.5) is 0 Å². The predicted octanol–water partition coefficient (Wildman–Crippen LogP) is 2.04. The van der Waals surface area contributed by atoms with Crippen molar-refractivity contribution in [1.82, 2.24) is 14.2 Å². The third kappa shape index (κ3) is 2.94. The minimum atomic E-state index is -3.46. The number of carbonyl (C=O) groups excluding carboxylic acids is 1. The number of amides is 1. The molecule has 4 rings (SSSR count). The van der Waals surface area contributed by atoms with Gasteiger partial charge in [-0.1, -0.05) is 6.07 Å². The molecule has 0 bridgehead atoms. The summed E-state index contributed by atoms with van der Waals surface area (Å²) in [7, 11) is -3.46. The van der Waals surface area contributed by atoms with Crippen molar-refractivity contribution >= 4 is 38.4 Å². The first-order valence-corrected chi connectivity index (χ1v) is 10.0. The molecule has 1 aromatic carbocycles. The van der Waals surface area contributed by atoms with Gasteiger partial charge in [0.25, 0.3) is 15.9 Å². The molecule has 0 atom stereocenters. The van der Waals surface area contributed by atoms with Crippen LogP contribution in [0.15, 0.2) is 50.7 Å². The van der Waals surface area contributed by atoms with Crippen molar-refractivity contribution in [3.8, 4) is 0 Å². The van der Waals surface area contributed by atoms with Crippen LogP contribution < -0.4 is 0 Å². The molecule has 0 radical (unpaired) electrons. The molecule has 7 nitrogen and oxygen atoms in total. The lowest BCUT2D eigenvalue weighted by Gasteiger charge is -2.33. The Hall–Kier alpha value is -2.23. The Morgan fingerprint density at radius 1 is 1.16 bits per heavy atom. The third-order valence-corrected chi connectivity index (χ3v) is 7.46. The quantitative estimate of drug-likeness (QED) is 0.697. The Morgan fingerprint density at radius 2 is 1.96 bits per heavy atom. The van der Waals surface area contributed by atoms with Gasteiger partial charge in [0, 0.05) is 31.7 Å². The van der Waals surface area contributed by atoms with E-state index in [-0.39, 0.29) is 19.0 Å². The van der Waals surface area contributed by atoms with Crippen molar-refractivity contribution in [3.05, 3.63) is 47.7 Å². The van der Waals surface area contributed by atoms with Gasteiger partial charge < -0.3 is 9.32 Å². The van der Waals surface area contributed by atoms with Crippen molar-refractivity contribution in [2.75, 3.05) is 26.2 Å². The van der Waals surface area contributed by atoms with Gasteiger partial charge in [0.15, 0.2) is 12.0 Å². The zero-order valence-corrected chi connectivity index (χ0v) is 14.8. The number of hydrogen-bond acceptors (Lipinski definition) is 6. The van der Waals surface area contributed by atoms with Gasteiger partial charge >= 0.3 is 0 Å². The van der Waals surface area contributed by atoms with E-state index in [1.807, 2.05) is 0 Å². The molecular formula is C16H15N3O4S2. The predicted molar refractivity (Wildman–Crippen MR) is 93.0 cm³/mol. The number of carbonyl (C=O) groups is 1. The molecule has 3 aromatic rings. The molecule has 1 amide bonds. The van der Waals surface area contributed by atoms with E-state index < -0.39 is 10.0 Å². The molecule has 0 saturated carbocycles. The lowest BCUT2D eigenvalue weighted by atomic mass is 10.1. The summed E-state index contributed by atoms with van der Waals surface area (Å²) >= 11 is 1.20. The fourth-order valence-electron chi connectivity index (χ4n) is 2.84. The van der Waals surface area contributed by atoms with Gasteiger partial charge in [-0.05, 0) is 29.6 Å². The van der Waals surface area contributed by atoms with Crippen LogP contribution in [0.1, 0.15) is 10.4 Å². The Balaban J connectivity index is 1.47.